The Morgan fingerprint density at radius 1 is 0.328 bits per heavy atom. The third-order valence-electron chi connectivity index (χ3n) is 12.8. The molecule has 0 saturated heterocycles. The van der Waals surface area contributed by atoms with E-state index in [1.807, 2.05) is 4.90 Å². The van der Waals surface area contributed by atoms with Gasteiger partial charge in [0.2, 0.25) is 0 Å². The topological polar surface area (TPSA) is 48.5 Å². The van der Waals surface area contributed by atoms with E-state index in [9.17, 15) is 5.11 Å². The molecule has 0 heterocycles. The van der Waals surface area contributed by atoms with Gasteiger partial charge in [-0.25, -0.2) is 0 Å². The third kappa shape index (κ3) is 13.8. The summed E-state index contributed by atoms with van der Waals surface area (Å²) in [6.45, 7) is 28.0. The molecular formula is C60H80N6O. The van der Waals surface area contributed by atoms with E-state index in [1.54, 1.807) is 0 Å². The minimum atomic E-state index is -0.110. The minimum absolute atomic E-state index is 0.110. The van der Waals surface area contributed by atoms with Crippen LogP contribution in [0.5, 0.6) is 0 Å². The van der Waals surface area contributed by atoms with Gasteiger partial charge in [-0.2, -0.15) is 0 Å². The van der Waals surface area contributed by atoms with E-state index in [0.29, 0.717) is 49.6 Å². The summed E-state index contributed by atoms with van der Waals surface area (Å²) in [6.07, 6.45) is 2.59. The predicted molar refractivity (Wildman–Crippen MR) is 291 cm³/mol. The van der Waals surface area contributed by atoms with Crippen molar-refractivity contribution in [3.8, 4) is 0 Å². The maximum absolute atomic E-state index is 10.8. The van der Waals surface area contributed by atoms with Crippen LogP contribution in [0.3, 0.4) is 0 Å². The number of hydrogen-bond acceptors (Lipinski definition) is 7. The van der Waals surface area contributed by atoms with Gasteiger partial charge in [-0.1, -0.05) is 72.8 Å². The van der Waals surface area contributed by atoms with Crippen LogP contribution in [0, 0.1) is 0 Å². The number of rotatable bonds is 23. The standard InChI is InChI=1S/C60H80N6O/c1-43(2)64(44(3)4)58-31-19-52(20-32-58)37-49-13-25-55(26-14-49)61-40-62(56-27-15-50(16-28-56)38-53-21-33-59(34-22-53)65(45(5)6)46(7)8)41-63(42-67)57-29-17-51(18-30-57)39-54-23-35-60(36-24-54)66(47(9)10)48(11)12/h13-36,43-48,61,67H,37-42H2,1-12H3. The lowest BCUT2D eigenvalue weighted by Gasteiger charge is -2.33. The molecule has 0 aliphatic rings. The van der Waals surface area contributed by atoms with Gasteiger partial charge in [0.15, 0.2) is 0 Å². The Labute approximate surface area is 405 Å². The zero-order valence-corrected chi connectivity index (χ0v) is 42.7. The Morgan fingerprint density at radius 3 is 0.821 bits per heavy atom. The molecule has 0 fully saturated rings. The Hall–Kier alpha value is -5.92. The number of aliphatic hydroxyl groups is 1. The van der Waals surface area contributed by atoms with Gasteiger partial charge in [0.05, 0.1) is 13.3 Å². The lowest BCUT2D eigenvalue weighted by molar-refractivity contribution is 0.290. The maximum Gasteiger partial charge on any atom is 0.117 e. The van der Waals surface area contributed by atoms with E-state index in [4.69, 9.17) is 0 Å². The number of benzene rings is 6. The van der Waals surface area contributed by atoms with Crippen LogP contribution in [-0.2, 0) is 19.3 Å². The predicted octanol–water partition coefficient (Wildman–Crippen LogP) is 13.6. The summed E-state index contributed by atoms with van der Waals surface area (Å²) in [6, 6.07) is 56.1. The molecule has 0 unspecified atom stereocenters. The van der Waals surface area contributed by atoms with Crippen molar-refractivity contribution < 1.29 is 5.11 Å². The molecule has 0 spiro atoms. The quantitative estimate of drug-likeness (QED) is 0.0621. The van der Waals surface area contributed by atoms with Crippen molar-refractivity contribution in [2.24, 2.45) is 0 Å². The summed E-state index contributed by atoms with van der Waals surface area (Å²) < 4.78 is 0. The highest BCUT2D eigenvalue weighted by atomic mass is 16.3. The van der Waals surface area contributed by atoms with E-state index in [2.05, 4.69) is 254 Å². The summed E-state index contributed by atoms with van der Waals surface area (Å²) in [5.41, 5.74) is 14.6. The second kappa shape index (κ2) is 23.7. The largest absolute Gasteiger partial charge is 0.376 e. The van der Waals surface area contributed by atoms with Crippen LogP contribution in [0.1, 0.15) is 116 Å². The van der Waals surface area contributed by atoms with Crippen molar-refractivity contribution in [2.75, 3.05) is 49.9 Å². The molecule has 0 amide bonds. The maximum atomic E-state index is 10.8. The molecule has 0 radical (unpaired) electrons. The first-order valence-corrected chi connectivity index (χ1v) is 24.8. The fraction of sp³-hybridized carbons (Fsp3) is 0.400. The summed E-state index contributed by atoms with van der Waals surface area (Å²) in [7, 11) is 0. The van der Waals surface area contributed by atoms with Crippen molar-refractivity contribution in [1.82, 2.24) is 0 Å². The fourth-order valence-corrected chi connectivity index (χ4v) is 9.86. The van der Waals surface area contributed by atoms with Gasteiger partial charge in [0.1, 0.15) is 6.73 Å². The van der Waals surface area contributed by atoms with Gasteiger partial charge in [-0.3, -0.25) is 0 Å². The minimum Gasteiger partial charge on any atom is -0.376 e. The lowest BCUT2D eigenvalue weighted by Crippen LogP contribution is -2.41. The first-order chi connectivity index (χ1) is 32.1. The van der Waals surface area contributed by atoms with Crippen molar-refractivity contribution >= 4 is 34.1 Å². The first kappa shape index (κ1) is 50.5. The lowest BCUT2D eigenvalue weighted by atomic mass is 10.0. The number of hydrogen-bond donors (Lipinski definition) is 2. The number of aliphatic hydroxyl groups excluding tert-OH is 1. The fourth-order valence-electron chi connectivity index (χ4n) is 9.86. The highest BCUT2D eigenvalue weighted by Gasteiger charge is 2.18. The van der Waals surface area contributed by atoms with Crippen LogP contribution in [0.2, 0.25) is 0 Å². The molecule has 0 atom stereocenters. The molecule has 0 aliphatic heterocycles. The summed E-state index contributed by atoms with van der Waals surface area (Å²) in [5, 5.41) is 14.6. The van der Waals surface area contributed by atoms with E-state index < -0.39 is 0 Å². The average Bonchev–Trinajstić information content (AvgIpc) is 3.29. The molecule has 0 aliphatic carbocycles. The highest BCUT2D eigenvalue weighted by molar-refractivity contribution is 5.57. The van der Waals surface area contributed by atoms with E-state index >= 15 is 0 Å². The van der Waals surface area contributed by atoms with Crippen LogP contribution in [0.4, 0.5) is 34.1 Å². The van der Waals surface area contributed by atoms with Gasteiger partial charge >= 0.3 is 0 Å². The van der Waals surface area contributed by atoms with Crippen LogP contribution >= 0.6 is 0 Å². The monoisotopic (exact) mass is 901 g/mol. The second-order valence-corrected chi connectivity index (χ2v) is 20.0. The Morgan fingerprint density at radius 2 is 0.567 bits per heavy atom. The Kier molecular flexibility index (Phi) is 17.9. The van der Waals surface area contributed by atoms with Crippen molar-refractivity contribution in [3.63, 3.8) is 0 Å². The third-order valence-corrected chi connectivity index (χ3v) is 12.8. The molecule has 7 heteroatoms. The normalized spacial score (nSPS) is 11.6. The van der Waals surface area contributed by atoms with E-state index in [-0.39, 0.29) is 6.73 Å². The SMILES string of the molecule is CC(C)N(c1ccc(Cc2ccc(NCN(CN(CO)c3ccc(Cc4ccc(N(C(C)C)C(C)C)cc4)cc3)c3ccc(Cc4ccc(N(C(C)C)C(C)C)cc4)cc3)cc2)cc1)C(C)C. The van der Waals surface area contributed by atoms with Crippen molar-refractivity contribution in [3.05, 3.63) is 179 Å². The highest BCUT2D eigenvalue weighted by Crippen LogP contribution is 2.27. The molecule has 0 saturated carbocycles. The first-order valence-electron chi connectivity index (χ1n) is 24.8. The summed E-state index contributed by atoms with van der Waals surface area (Å²) in [5.74, 6) is 0. The molecule has 67 heavy (non-hydrogen) atoms. The molecular weight excluding hydrogens is 821 g/mol. The Balaban J connectivity index is 1.16. The molecule has 7 nitrogen and oxygen atoms in total. The van der Waals surface area contributed by atoms with Crippen molar-refractivity contribution in [2.45, 2.75) is 139 Å². The van der Waals surface area contributed by atoms with Crippen LogP contribution in [0.25, 0.3) is 0 Å². The zero-order chi connectivity index (χ0) is 48.2. The number of anilines is 6. The second-order valence-electron chi connectivity index (χ2n) is 20.0. The molecule has 6 rings (SSSR count). The molecule has 0 aromatic heterocycles. The van der Waals surface area contributed by atoms with Crippen molar-refractivity contribution in [1.29, 1.82) is 0 Å². The number of nitrogens with zero attached hydrogens (tertiary/aromatic N) is 5. The summed E-state index contributed by atoms with van der Waals surface area (Å²) >= 11 is 0. The molecule has 356 valence electrons. The molecule has 2 N–H and O–H groups in total. The van der Waals surface area contributed by atoms with Gasteiger partial charge in [-0.05, 0) is 209 Å². The molecule has 0 bridgehead atoms. The van der Waals surface area contributed by atoms with Gasteiger partial charge in [-0.15, -0.1) is 0 Å². The van der Waals surface area contributed by atoms with E-state index in [0.717, 1.165) is 36.3 Å². The van der Waals surface area contributed by atoms with Crippen LogP contribution in [-0.4, -0.2) is 61.4 Å². The molecule has 6 aromatic carbocycles. The van der Waals surface area contributed by atoms with Gasteiger partial charge < -0.3 is 34.9 Å². The number of nitrogens with one attached hydrogen (secondary N) is 1. The van der Waals surface area contributed by atoms with E-state index in [1.165, 1.54) is 50.4 Å². The zero-order valence-electron chi connectivity index (χ0n) is 42.7. The van der Waals surface area contributed by atoms with Gasteiger partial charge in [0.25, 0.3) is 0 Å². The van der Waals surface area contributed by atoms with Gasteiger partial charge in [0, 0.05) is 70.4 Å². The average molecular weight is 901 g/mol. The molecule has 6 aromatic rings. The Bertz CT molecular complexity index is 2330. The smallest absolute Gasteiger partial charge is 0.117 e. The summed E-state index contributed by atoms with van der Waals surface area (Å²) in [4.78, 5) is 11.7. The van der Waals surface area contributed by atoms with Crippen LogP contribution in [0.15, 0.2) is 146 Å². The van der Waals surface area contributed by atoms with Crippen LogP contribution < -0.4 is 29.8 Å².